The Balaban J connectivity index is 1.76. The van der Waals surface area contributed by atoms with Gasteiger partial charge in [-0.05, 0) is 24.4 Å². The van der Waals surface area contributed by atoms with Crippen LogP contribution in [0.3, 0.4) is 0 Å². The number of nitro groups is 1. The van der Waals surface area contributed by atoms with Gasteiger partial charge in [0.05, 0.1) is 15.5 Å². The van der Waals surface area contributed by atoms with Gasteiger partial charge in [-0.2, -0.15) is 0 Å². The SMILES string of the molecule is Cc1cccc(OCc2csc(-c3cccs3)n2)c1[N+](=O)[O-]. The van der Waals surface area contributed by atoms with Gasteiger partial charge in [-0.15, -0.1) is 22.7 Å². The lowest BCUT2D eigenvalue weighted by Crippen LogP contribution is -2.00. The monoisotopic (exact) mass is 332 g/mol. The van der Waals surface area contributed by atoms with Gasteiger partial charge in [0.2, 0.25) is 0 Å². The molecular weight excluding hydrogens is 320 g/mol. The number of para-hydroxylation sites is 1. The number of hydrogen-bond donors (Lipinski definition) is 0. The first-order valence-electron chi connectivity index (χ1n) is 6.50. The number of nitro benzene ring substituents is 1. The normalized spacial score (nSPS) is 10.6. The summed E-state index contributed by atoms with van der Waals surface area (Å²) in [4.78, 5) is 16.3. The number of aryl methyl sites for hydroxylation is 1. The molecule has 7 heteroatoms. The van der Waals surface area contributed by atoms with Gasteiger partial charge < -0.3 is 4.74 Å². The summed E-state index contributed by atoms with van der Waals surface area (Å²) in [5.74, 6) is 0.274. The number of nitrogens with zero attached hydrogens (tertiary/aromatic N) is 2. The summed E-state index contributed by atoms with van der Waals surface area (Å²) in [6.45, 7) is 1.91. The minimum Gasteiger partial charge on any atom is -0.480 e. The van der Waals surface area contributed by atoms with E-state index in [1.165, 1.54) is 0 Å². The molecule has 0 saturated heterocycles. The zero-order chi connectivity index (χ0) is 15.5. The molecule has 22 heavy (non-hydrogen) atoms. The summed E-state index contributed by atoms with van der Waals surface area (Å²) in [7, 11) is 0. The number of thiophene rings is 1. The molecule has 3 aromatic rings. The predicted octanol–water partition coefficient (Wildman–Crippen LogP) is 4.67. The number of aromatic nitrogens is 1. The van der Waals surface area contributed by atoms with Crippen molar-refractivity contribution >= 4 is 28.4 Å². The van der Waals surface area contributed by atoms with Crippen molar-refractivity contribution in [2.75, 3.05) is 0 Å². The smallest absolute Gasteiger partial charge is 0.313 e. The molecule has 112 valence electrons. The van der Waals surface area contributed by atoms with Crippen molar-refractivity contribution in [2.45, 2.75) is 13.5 Å². The van der Waals surface area contributed by atoms with Crippen molar-refractivity contribution < 1.29 is 9.66 Å². The van der Waals surface area contributed by atoms with E-state index in [1.807, 2.05) is 22.9 Å². The fraction of sp³-hybridized carbons (Fsp3) is 0.133. The molecule has 0 fully saturated rings. The van der Waals surface area contributed by atoms with Crippen LogP contribution in [0.4, 0.5) is 5.69 Å². The fourth-order valence-electron chi connectivity index (χ4n) is 2.02. The molecule has 1 aromatic carbocycles. The molecule has 0 unspecified atom stereocenters. The van der Waals surface area contributed by atoms with Crippen molar-refractivity contribution in [1.82, 2.24) is 4.98 Å². The van der Waals surface area contributed by atoms with E-state index in [9.17, 15) is 10.1 Å². The second-order valence-corrected chi connectivity index (χ2v) is 6.39. The van der Waals surface area contributed by atoms with E-state index < -0.39 is 4.92 Å². The maximum atomic E-state index is 11.1. The third-order valence-electron chi connectivity index (χ3n) is 3.04. The van der Waals surface area contributed by atoms with Crippen molar-refractivity contribution in [3.05, 3.63) is 62.5 Å². The molecular formula is C15H12N2O3S2. The van der Waals surface area contributed by atoms with Gasteiger partial charge in [0.25, 0.3) is 0 Å². The van der Waals surface area contributed by atoms with Gasteiger partial charge in [0.1, 0.15) is 11.6 Å². The van der Waals surface area contributed by atoms with Gasteiger partial charge >= 0.3 is 5.69 Å². The fourth-order valence-corrected chi connectivity index (χ4v) is 3.64. The lowest BCUT2D eigenvalue weighted by molar-refractivity contribution is -0.386. The van der Waals surface area contributed by atoms with Crippen LogP contribution in [-0.4, -0.2) is 9.91 Å². The second-order valence-electron chi connectivity index (χ2n) is 4.59. The molecule has 0 saturated carbocycles. The predicted molar refractivity (Wildman–Crippen MR) is 87.6 cm³/mol. The second kappa shape index (κ2) is 6.25. The summed E-state index contributed by atoms with van der Waals surface area (Å²) in [6, 6.07) is 9.05. The number of thiazole rings is 1. The maximum absolute atomic E-state index is 11.1. The molecule has 0 aliphatic heterocycles. The Morgan fingerprint density at radius 2 is 2.14 bits per heavy atom. The third kappa shape index (κ3) is 3.00. The van der Waals surface area contributed by atoms with E-state index in [0.717, 1.165) is 15.6 Å². The zero-order valence-electron chi connectivity index (χ0n) is 11.7. The van der Waals surface area contributed by atoms with Gasteiger partial charge in [-0.25, -0.2) is 4.98 Å². The van der Waals surface area contributed by atoms with Crippen molar-refractivity contribution in [3.63, 3.8) is 0 Å². The number of benzene rings is 1. The van der Waals surface area contributed by atoms with Crippen LogP contribution in [0.1, 0.15) is 11.3 Å². The molecule has 3 rings (SSSR count). The maximum Gasteiger partial charge on any atom is 0.313 e. The highest BCUT2D eigenvalue weighted by Gasteiger charge is 2.18. The minimum atomic E-state index is -0.414. The van der Waals surface area contributed by atoms with E-state index in [4.69, 9.17) is 4.74 Å². The highest BCUT2D eigenvalue weighted by Crippen LogP contribution is 2.32. The van der Waals surface area contributed by atoms with Gasteiger partial charge in [0, 0.05) is 10.9 Å². The zero-order valence-corrected chi connectivity index (χ0v) is 13.3. The molecule has 0 aliphatic carbocycles. The summed E-state index contributed by atoms with van der Waals surface area (Å²) >= 11 is 3.17. The van der Waals surface area contributed by atoms with Crippen LogP contribution >= 0.6 is 22.7 Å². The number of ether oxygens (including phenoxy) is 1. The van der Waals surface area contributed by atoms with Crippen molar-refractivity contribution in [1.29, 1.82) is 0 Å². The van der Waals surface area contributed by atoms with Gasteiger partial charge in [0.15, 0.2) is 5.75 Å². The topological polar surface area (TPSA) is 65.3 Å². The Morgan fingerprint density at radius 1 is 1.27 bits per heavy atom. The van der Waals surface area contributed by atoms with Crippen LogP contribution in [0.15, 0.2) is 41.1 Å². The first kappa shape index (κ1) is 14.7. The van der Waals surface area contributed by atoms with E-state index in [-0.39, 0.29) is 18.0 Å². The highest BCUT2D eigenvalue weighted by atomic mass is 32.1. The summed E-state index contributed by atoms with van der Waals surface area (Å²) in [5.41, 5.74) is 1.36. The van der Waals surface area contributed by atoms with E-state index in [0.29, 0.717) is 5.56 Å². The molecule has 0 spiro atoms. The Morgan fingerprint density at radius 3 is 2.86 bits per heavy atom. The summed E-state index contributed by atoms with van der Waals surface area (Å²) in [5, 5.41) is 16.0. The largest absolute Gasteiger partial charge is 0.480 e. The summed E-state index contributed by atoms with van der Waals surface area (Å²) in [6.07, 6.45) is 0. The Bertz CT molecular complexity index is 797. The van der Waals surface area contributed by atoms with Crippen molar-refractivity contribution in [2.24, 2.45) is 0 Å². The lowest BCUT2D eigenvalue weighted by atomic mass is 10.2. The van der Waals surface area contributed by atoms with Crippen LogP contribution < -0.4 is 4.74 Å². The first-order valence-corrected chi connectivity index (χ1v) is 8.26. The summed E-state index contributed by atoms with van der Waals surface area (Å²) < 4.78 is 5.60. The van der Waals surface area contributed by atoms with Crippen LogP contribution in [0.5, 0.6) is 5.75 Å². The average molecular weight is 332 g/mol. The first-order chi connectivity index (χ1) is 10.6. The molecule has 0 aliphatic rings. The Kier molecular flexibility index (Phi) is 4.17. The van der Waals surface area contributed by atoms with Crippen LogP contribution in [0.2, 0.25) is 0 Å². The molecule has 0 amide bonds. The van der Waals surface area contributed by atoms with Gasteiger partial charge in [-0.1, -0.05) is 18.2 Å². The Hall–Kier alpha value is -2.25. The van der Waals surface area contributed by atoms with Gasteiger partial charge in [-0.3, -0.25) is 10.1 Å². The van der Waals surface area contributed by atoms with Crippen LogP contribution in [0, 0.1) is 17.0 Å². The molecule has 2 heterocycles. The van der Waals surface area contributed by atoms with E-state index >= 15 is 0 Å². The van der Waals surface area contributed by atoms with Crippen molar-refractivity contribution in [3.8, 4) is 15.6 Å². The number of rotatable bonds is 5. The molecule has 0 bridgehead atoms. The molecule has 0 atom stereocenters. The third-order valence-corrected chi connectivity index (χ3v) is 4.97. The average Bonchev–Trinajstić information content (AvgIpc) is 3.15. The standard InChI is InChI=1S/C15H12N2O3S2/c1-10-4-2-5-12(14(10)17(18)19)20-8-11-9-22-15(16-11)13-6-3-7-21-13/h2-7,9H,8H2,1H3. The highest BCUT2D eigenvalue weighted by molar-refractivity contribution is 7.20. The molecule has 0 radical (unpaired) electrons. The molecule has 0 N–H and O–H groups in total. The van der Waals surface area contributed by atoms with E-state index in [1.54, 1.807) is 47.8 Å². The minimum absolute atomic E-state index is 0.0104. The van der Waals surface area contributed by atoms with Crippen LogP contribution in [-0.2, 0) is 6.61 Å². The molecule has 5 nitrogen and oxygen atoms in total. The molecule has 2 aromatic heterocycles. The quantitative estimate of drug-likeness (QED) is 0.503. The Labute approximate surface area is 135 Å². The van der Waals surface area contributed by atoms with Crippen LogP contribution in [0.25, 0.3) is 9.88 Å². The van der Waals surface area contributed by atoms with E-state index in [2.05, 4.69) is 4.98 Å². The number of hydrogen-bond acceptors (Lipinski definition) is 6. The lowest BCUT2D eigenvalue weighted by Gasteiger charge is -2.06.